The molecule has 0 spiro atoms. The van der Waals surface area contributed by atoms with Gasteiger partial charge in [-0.05, 0) is 41.1 Å². The SMILES string of the molecule is COc1ccc(C(=O)Cn2nc(-c3cccc4ccccc34)ccc2=O)cc1. The highest BCUT2D eigenvalue weighted by molar-refractivity contribution is 5.96. The standard InChI is InChI=1S/C23H18N2O3/c1-28-18-11-9-17(10-12-18)22(26)15-25-23(27)14-13-21(24-25)20-8-4-6-16-5-2-3-7-19(16)20/h2-14H,15H2,1H3. The van der Waals surface area contributed by atoms with E-state index in [4.69, 9.17) is 4.74 Å². The number of methoxy groups -OCH3 is 1. The summed E-state index contributed by atoms with van der Waals surface area (Å²) in [4.78, 5) is 24.8. The third kappa shape index (κ3) is 3.42. The van der Waals surface area contributed by atoms with Crippen LogP contribution in [-0.4, -0.2) is 22.7 Å². The Labute approximate surface area is 161 Å². The lowest BCUT2D eigenvalue weighted by Gasteiger charge is -2.09. The fraction of sp³-hybridized carbons (Fsp3) is 0.0870. The number of rotatable bonds is 5. The number of carbonyl (C=O) groups is 1. The van der Waals surface area contributed by atoms with E-state index in [0.717, 1.165) is 16.3 Å². The average Bonchev–Trinajstić information content (AvgIpc) is 2.75. The maximum Gasteiger partial charge on any atom is 0.267 e. The molecule has 0 radical (unpaired) electrons. The van der Waals surface area contributed by atoms with Gasteiger partial charge in [0.05, 0.1) is 12.8 Å². The van der Waals surface area contributed by atoms with Gasteiger partial charge in [0, 0.05) is 17.2 Å². The number of fused-ring (bicyclic) bond motifs is 1. The van der Waals surface area contributed by atoms with E-state index in [9.17, 15) is 9.59 Å². The van der Waals surface area contributed by atoms with Gasteiger partial charge in [0.2, 0.25) is 0 Å². The molecule has 0 aliphatic rings. The minimum atomic E-state index is -0.314. The van der Waals surface area contributed by atoms with Crippen molar-refractivity contribution < 1.29 is 9.53 Å². The van der Waals surface area contributed by atoms with E-state index in [1.165, 1.54) is 10.7 Å². The predicted octanol–water partition coefficient (Wildman–Crippen LogP) is 3.96. The van der Waals surface area contributed by atoms with Gasteiger partial charge in [0.1, 0.15) is 12.3 Å². The lowest BCUT2D eigenvalue weighted by molar-refractivity contribution is 0.0966. The normalized spacial score (nSPS) is 10.8. The van der Waals surface area contributed by atoms with Crippen molar-refractivity contribution in [1.82, 2.24) is 9.78 Å². The Balaban J connectivity index is 1.69. The Morgan fingerprint density at radius 3 is 2.46 bits per heavy atom. The summed E-state index contributed by atoms with van der Waals surface area (Å²) in [6.07, 6.45) is 0. The van der Waals surface area contributed by atoms with Crippen LogP contribution in [0.25, 0.3) is 22.0 Å². The van der Waals surface area contributed by atoms with Gasteiger partial charge < -0.3 is 4.74 Å². The highest BCUT2D eigenvalue weighted by Crippen LogP contribution is 2.26. The van der Waals surface area contributed by atoms with Crippen molar-refractivity contribution in [2.45, 2.75) is 6.54 Å². The Kier molecular flexibility index (Phi) is 4.72. The molecule has 4 aromatic rings. The monoisotopic (exact) mass is 370 g/mol. The highest BCUT2D eigenvalue weighted by Gasteiger charge is 2.11. The second-order valence-electron chi connectivity index (χ2n) is 6.39. The highest BCUT2D eigenvalue weighted by atomic mass is 16.5. The van der Waals surface area contributed by atoms with Crippen LogP contribution >= 0.6 is 0 Å². The van der Waals surface area contributed by atoms with E-state index < -0.39 is 0 Å². The number of ether oxygens (including phenoxy) is 1. The largest absolute Gasteiger partial charge is 0.497 e. The van der Waals surface area contributed by atoms with Gasteiger partial charge in [-0.25, -0.2) is 4.68 Å². The van der Waals surface area contributed by atoms with Crippen LogP contribution in [-0.2, 0) is 6.54 Å². The molecule has 28 heavy (non-hydrogen) atoms. The second-order valence-corrected chi connectivity index (χ2v) is 6.39. The summed E-state index contributed by atoms with van der Waals surface area (Å²) in [5.41, 5.74) is 1.76. The summed E-state index contributed by atoms with van der Waals surface area (Å²) in [6.45, 7) is -0.121. The lowest BCUT2D eigenvalue weighted by Crippen LogP contribution is -2.26. The third-order valence-corrected chi connectivity index (χ3v) is 4.64. The molecule has 0 amide bonds. The molecule has 0 saturated carbocycles. The van der Waals surface area contributed by atoms with E-state index >= 15 is 0 Å². The van der Waals surface area contributed by atoms with Crippen LogP contribution in [0.3, 0.4) is 0 Å². The number of benzene rings is 3. The quantitative estimate of drug-likeness (QED) is 0.499. The first-order chi connectivity index (χ1) is 13.7. The predicted molar refractivity (Wildman–Crippen MR) is 109 cm³/mol. The summed E-state index contributed by atoms with van der Waals surface area (Å²) in [5, 5.41) is 6.59. The first-order valence-corrected chi connectivity index (χ1v) is 8.89. The molecule has 0 bridgehead atoms. The van der Waals surface area contributed by atoms with Crippen molar-refractivity contribution in [3.8, 4) is 17.0 Å². The molecule has 0 aliphatic carbocycles. The number of hydrogen-bond donors (Lipinski definition) is 0. The molecule has 4 rings (SSSR count). The number of ketones is 1. The van der Waals surface area contributed by atoms with Crippen molar-refractivity contribution in [3.63, 3.8) is 0 Å². The molecule has 0 atom stereocenters. The van der Waals surface area contributed by atoms with E-state index in [2.05, 4.69) is 5.10 Å². The van der Waals surface area contributed by atoms with Gasteiger partial charge in [-0.2, -0.15) is 5.10 Å². The van der Waals surface area contributed by atoms with Crippen LogP contribution in [0.1, 0.15) is 10.4 Å². The van der Waals surface area contributed by atoms with E-state index in [0.29, 0.717) is 17.0 Å². The van der Waals surface area contributed by atoms with Crippen molar-refractivity contribution in [2.24, 2.45) is 0 Å². The molecule has 5 heteroatoms. The van der Waals surface area contributed by atoms with E-state index in [-0.39, 0.29) is 17.9 Å². The fourth-order valence-electron chi connectivity index (χ4n) is 3.16. The van der Waals surface area contributed by atoms with Crippen LogP contribution in [0.15, 0.2) is 83.7 Å². The Bertz CT molecular complexity index is 1210. The first-order valence-electron chi connectivity index (χ1n) is 8.89. The van der Waals surface area contributed by atoms with E-state index in [1.54, 1.807) is 37.4 Å². The molecule has 5 nitrogen and oxygen atoms in total. The molecule has 0 aliphatic heterocycles. The summed E-state index contributed by atoms with van der Waals surface area (Å²) in [7, 11) is 1.57. The topological polar surface area (TPSA) is 61.2 Å². The zero-order valence-corrected chi connectivity index (χ0v) is 15.3. The summed E-state index contributed by atoms with van der Waals surface area (Å²) in [6, 6.07) is 23.9. The van der Waals surface area contributed by atoms with Gasteiger partial charge in [0.15, 0.2) is 5.78 Å². The average molecular weight is 370 g/mol. The fourth-order valence-corrected chi connectivity index (χ4v) is 3.16. The molecule has 1 heterocycles. The summed E-state index contributed by atoms with van der Waals surface area (Å²) >= 11 is 0. The Morgan fingerprint density at radius 1 is 0.929 bits per heavy atom. The molecule has 0 saturated heterocycles. The number of aromatic nitrogens is 2. The molecule has 138 valence electrons. The van der Waals surface area contributed by atoms with Gasteiger partial charge in [0.25, 0.3) is 5.56 Å². The molecular formula is C23H18N2O3. The molecule has 0 fully saturated rings. The first kappa shape index (κ1) is 17.7. The number of Topliss-reactive ketones (excluding diaryl/α,β-unsaturated/α-hetero) is 1. The van der Waals surface area contributed by atoms with Crippen LogP contribution in [0, 0.1) is 0 Å². The maximum absolute atomic E-state index is 12.6. The maximum atomic E-state index is 12.6. The van der Waals surface area contributed by atoms with Crippen molar-refractivity contribution >= 4 is 16.6 Å². The molecule has 1 aromatic heterocycles. The Hall–Kier alpha value is -3.73. The zero-order valence-electron chi connectivity index (χ0n) is 15.3. The molecule has 3 aromatic carbocycles. The number of nitrogens with zero attached hydrogens (tertiary/aromatic N) is 2. The summed E-state index contributed by atoms with van der Waals surface area (Å²) in [5.74, 6) is 0.483. The van der Waals surface area contributed by atoms with Gasteiger partial charge >= 0.3 is 0 Å². The molecule has 0 unspecified atom stereocenters. The van der Waals surface area contributed by atoms with Gasteiger partial charge in [-0.3, -0.25) is 9.59 Å². The number of carbonyl (C=O) groups excluding carboxylic acids is 1. The molecular weight excluding hydrogens is 352 g/mol. The van der Waals surface area contributed by atoms with Gasteiger partial charge in [-0.15, -0.1) is 0 Å². The minimum absolute atomic E-state index is 0.121. The smallest absolute Gasteiger partial charge is 0.267 e. The van der Waals surface area contributed by atoms with Crippen LogP contribution in [0.2, 0.25) is 0 Å². The minimum Gasteiger partial charge on any atom is -0.497 e. The van der Waals surface area contributed by atoms with Crippen molar-refractivity contribution in [1.29, 1.82) is 0 Å². The molecule has 0 N–H and O–H groups in total. The van der Waals surface area contributed by atoms with E-state index in [1.807, 2.05) is 42.5 Å². The number of hydrogen-bond acceptors (Lipinski definition) is 4. The summed E-state index contributed by atoms with van der Waals surface area (Å²) < 4.78 is 6.32. The van der Waals surface area contributed by atoms with Crippen LogP contribution < -0.4 is 10.3 Å². The second kappa shape index (κ2) is 7.48. The van der Waals surface area contributed by atoms with Gasteiger partial charge in [-0.1, -0.05) is 42.5 Å². The third-order valence-electron chi connectivity index (χ3n) is 4.64. The Morgan fingerprint density at radius 2 is 1.68 bits per heavy atom. The zero-order chi connectivity index (χ0) is 19.5. The van der Waals surface area contributed by atoms with Crippen LogP contribution in [0.4, 0.5) is 0 Å². The van der Waals surface area contributed by atoms with Crippen molar-refractivity contribution in [3.05, 3.63) is 94.8 Å². The lowest BCUT2D eigenvalue weighted by atomic mass is 10.0. The van der Waals surface area contributed by atoms with Crippen LogP contribution in [0.5, 0.6) is 5.75 Å². The van der Waals surface area contributed by atoms with Crippen molar-refractivity contribution in [2.75, 3.05) is 7.11 Å².